The maximum absolute atomic E-state index is 12.4. The lowest BCUT2D eigenvalue weighted by atomic mass is 10.1. The van der Waals surface area contributed by atoms with Crippen molar-refractivity contribution in [2.45, 2.75) is 6.54 Å². The Morgan fingerprint density at radius 2 is 2.00 bits per heavy atom. The molecular formula is C15H17BrN4O2S. The molecule has 1 heterocycles. The number of nitrogens with zero attached hydrogens (tertiary/aromatic N) is 1. The van der Waals surface area contributed by atoms with E-state index in [4.69, 9.17) is 5.84 Å². The van der Waals surface area contributed by atoms with E-state index in [0.29, 0.717) is 16.1 Å². The molecule has 0 atom stereocenters. The largest absolute Gasteiger partial charge is 0.313 e. The molecule has 1 aromatic heterocycles. The van der Waals surface area contributed by atoms with Crippen LogP contribution in [0.5, 0.6) is 0 Å². The lowest BCUT2D eigenvalue weighted by Gasteiger charge is -2.11. The van der Waals surface area contributed by atoms with E-state index >= 15 is 0 Å². The molecule has 0 spiro atoms. The number of hydrogen-bond acceptors (Lipinski definition) is 5. The zero-order chi connectivity index (χ0) is 17.0. The van der Waals surface area contributed by atoms with E-state index in [0.717, 1.165) is 15.9 Å². The number of rotatable bonds is 5. The molecule has 0 aliphatic carbocycles. The Balaban J connectivity index is 2.21. The summed E-state index contributed by atoms with van der Waals surface area (Å²) in [6.07, 6.45) is 0. The molecule has 0 radical (unpaired) electrons. The monoisotopic (exact) mass is 396 g/mol. The van der Waals surface area contributed by atoms with Crippen molar-refractivity contribution < 1.29 is 9.59 Å². The number of carbonyl (C=O) groups is 2. The van der Waals surface area contributed by atoms with Gasteiger partial charge in [0, 0.05) is 12.1 Å². The molecule has 6 nitrogen and oxygen atoms in total. The van der Waals surface area contributed by atoms with Crippen LogP contribution >= 0.6 is 27.3 Å². The summed E-state index contributed by atoms with van der Waals surface area (Å²) >= 11 is 4.56. The fraction of sp³-hybridized carbons (Fsp3) is 0.200. The molecule has 0 unspecified atom stereocenters. The van der Waals surface area contributed by atoms with Gasteiger partial charge in [0.15, 0.2) is 0 Å². The molecule has 0 saturated carbocycles. The van der Waals surface area contributed by atoms with E-state index < -0.39 is 5.91 Å². The second-order valence-corrected chi connectivity index (χ2v) is 7.59. The van der Waals surface area contributed by atoms with Gasteiger partial charge in [0.05, 0.1) is 9.35 Å². The van der Waals surface area contributed by atoms with Gasteiger partial charge in [-0.3, -0.25) is 15.0 Å². The van der Waals surface area contributed by atoms with Crippen molar-refractivity contribution >= 4 is 44.1 Å². The highest BCUT2D eigenvalue weighted by molar-refractivity contribution is 9.11. The number of amides is 2. The lowest BCUT2D eigenvalue weighted by Crippen LogP contribution is -2.30. The highest BCUT2D eigenvalue weighted by atomic mass is 79.9. The number of anilines is 1. The summed E-state index contributed by atoms with van der Waals surface area (Å²) in [5.41, 5.74) is 3.96. The van der Waals surface area contributed by atoms with Gasteiger partial charge in [-0.2, -0.15) is 0 Å². The van der Waals surface area contributed by atoms with Gasteiger partial charge in [-0.05, 0) is 53.8 Å². The second kappa shape index (κ2) is 7.69. The van der Waals surface area contributed by atoms with Gasteiger partial charge in [0.1, 0.15) is 5.00 Å². The quantitative estimate of drug-likeness (QED) is 0.411. The van der Waals surface area contributed by atoms with Gasteiger partial charge in [0.2, 0.25) is 0 Å². The molecule has 0 fully saturated rings. The minimum absolute atomic E-state index is 0.272. The zero-order valence-electron chi connectivity index (χ0n) is 12.7. The van der Waals surface area contributed by atoms with Crippen molar-refractivity contribution in [1.82, 2.24) is 10.3 Å². The number of nitrogen functional groups attached to an aromatic ring is 1. The standard InChI is InChI=1S/C15H17BrN4O2S/c1-20(2)8-9-4-3-5-10(6-9)13(21)18-15-11(14(22)19-17)7-12(16)23-15/h3-7H,8,17H2,1-2H3,(H,18,21)(H,19,22). The third-order valence-electron chi connectivity index (χ3n) is 2.99. The van der Waals surface area contributed by atoms with E-state index in [2.05, 4.69) is 26.7 Å². The summed E-state index contributed by atoms with van der Waals surface area (Å²) in [7, 11) is 3.93. The minimum Gasteiger partial charge on any atom is -0.313 e. The predicted octanol–water partition coefficient (Wildman–Crippen LogP) is 2.43. The number of thiophene rings is 1. The summed E-state index contributed by atoms with van der Waals surface area (Å²) in [6.45, 7) is 0.743. The summed E-state index contributed by atoms with van der Waals surface area (Å²) in [6, 6.07) is 8.99. The average molecular weight is 397 g/mol. The van der Waals surface area contributed by atoms with E-state index in [9.17, 15) is 9.59 Å². The average Bonchev–Trinajstić information content (AvgIpc) is 2.86. The molecule has 2 amide bonds. The summed E-state index contributed by atoms with van der Waals surface area (Å²) in [4.78, 5) is 26.2. The topological polar surface area (TPSA) is 87.5 Å². The first-order valence-corrected chi connectivity index (χ1v) is 8.37. The fourth-order valence-electron chi connectivity index (χ4n) is 2.05. The Labute approximate surface area is 146 Å². The van der Waals surface area contributed by atoms with Crippen molar-refractivity contribution in [2.75, 3.05) is 19.4 Å². The smallest absolute Gasteiger partial charge is 0.268 e. The highest BCUT2D eigenvalue weighted by Gasteiger charge is 2.17. The molecule has 0 aliphatic rings. The molecule has 122 valence electrons. The maximum atomic E-state index is 12.4. The van der Waals surface area contributed by atoms with E-state index in [1.54, 1.807) is 12.1 Å². The van der Waals surface area contributed by atoms with Crippen molar-refractivity contribution in [3.8, 4) is 0 Å². The number of carbonyl (C=O) groups excluding carboxylic acids is 2. The third-order valence-corrected chi connectivity index (χ3v) is 4.55. The first-order chi connectivity index (χ1) is 10.9. The highest BCUT2D eigenvalue weighted by Crippen LogP contribution is 2.32. The Morgan fingerprint density at radius 3 is 2.65 bits per heavy atom. The van der Waals surface area contributed by atoms with Crippen LogP contribution in [0.1, 0.15) is 26.3 Å². The molecule has 8 heteroatoms. The molecule has 2 rings (SSSR count). The Bertz CT molecular complexity index is 730. The predicted molar refractivity (Wildman–Crippen MR) is 95.5 cm³/mol. The SMILES string of the molecule is CN(C)Cc1cccc(C(=O)Nc2sc(Br)cc2C(=O)NN)c1. The second-order valence-electron chi connectivity index (χ2n) is 5.16. The molecule has 4 N–H and O–H groups in total. The van der Waals surface area contributed by atoms with Gasteiger partial charge in [-0.1, -0.05) is 12.1 Å². The van der Waals surface area contributed by atoms with E-state index in [-0.39, 0.29) is 5.91 Å². The fourth-order valence-corrected chi connectivity index (χ4v) is 3.54. The Hall–Kier alpha value is -1.74. The van der Waals surface area contributed by atoms with Crippen molar-refractivity contribution in [2.24, 2.45) is 5.84 Å². The van der Waals surface area contributed by atoms with Crippen LogP contribution in [-0.2, 0) is 6.54 Å². The van der Waals surface area contributed by atoms with Crippen LogP contribution in [0.25, 0.3) is 0 Å². The normalized spacial score (nSPS) is 10.7. The van der Waals surface area contributed by atoms with Crippen LogP contribution < -0.4 is 16.6 Å². The third kappa shape index (κ3) is 4.61. The van der Waals surface area contributed by atoms with Crippen LogP contribution in [0.4, 0.5) is 5.00 Å². The van der Waals surface area contributed by atoms with Gasteiger partial charge in [-0.25, -0.2) is 5.84 Å². The molecule has 0 bridgehead atoms. The molecule has 0 aliphatic heterocycles. The summed E-state index contributed by atoms with van der Waals surface area (Å²) in [5.74, 6) is 4.44. The van der Waals surface area contributed by atoms with Crippen LogP contribution in [0.15, 0.2) is 34.1 Å². The number of halogens is 1. The minimum atomic E-state index is -0.455. The number of nitrogens with two attached hydrogens (primary N) is 1. The van der Waals surface area contributed by atoms with Gasteiger partial charge in [0.25, 0.3) is 11.8 Å². The van der Waals surface area contributed by atoms with Gasteiger partial charge < -0.3 is 10.2 Å². The first-order valence-electron chi connectivity index (χ1n) is 6.76. The van der Waals surface area contributed by atoms with Gasteiger partial charge >= 0.3 is 0 Å². The zero-order valence-corrected chi connectivity index (χ0v) is 15.1. The number of nitrogens with one attached hydrogen (secondary N) is 2. The van der Waals surface area contributed by atoms with Crippen LogP contribution in [-0.4, -0.2) is 30.8 Å². The van der Waals surface area contributed by atoms with E-state index in [1.165, 1.54) is 11.3 Å². The molecule has 2 aromatic rings. The molecular weight excluding hydrogens is 380 g/mol. The number of hydrazine groups is 1. The number of hydrogen-bond donors (Lipinski definition) is 3. The van der Waals surface area contributed by atoms with Crippen molar-refractivity contribution in [3.63, 3.8) is 0 Å². The Morgan fingerprint density at radius 1 is 1.26 bits per heavy atom. The number of benzene rings is 1. The maximum Gasteiger partial charge on any atom is 0.268 e. The molecule has 23 heavy (non-hydrogen) atoms. The van der Waals surface area contributed by atoms with Crippen LogP contribution in [0.3, 0.4) is 0 Å². The summed E-state index contributed by atoms with van der Waals surface area (Å²) in [5, 5.41) is 3.21. The first kappa shape index (κ1) is 17.6. The summed E-state index contributed by atoms with van der Waals surface area (Å²) < 4.78 is 0.729. The van der Waals surface area contributed by atoms with Crippen LogP contribution in [0.2, 0.25) is 0 Å². The van der Waals surface area contributed by atoms with Crippen molar-refractivity contribution in [1.29, 1.82) is 0 Å². The van der Waals surface area contributed by atoms with Gasteiger partial charge in [-0.15, -0.1) is 11.3 Å². The van der Waals surface area contributed by atoms with E-state index in [1.807, 2.05) is 37.2 Å². The lowest BCUT2D eigenvalue weighted by molar-refractivity contribution is 0.0955. The van der Waals surface area contributed by atoms with Crippen LogP contribution in [0, 0.1) is 0 Å². The Kier molecular flexibility index (Phi) is 5.89. The molecule has 0 saturated heterocycles. The molecule has 1 aromatic carbocycles. The van der Waals surface area contributed by atoms with Crippen molar-refractivity contribution in [3.05, 3.63) is 50.8 Å².